The normalized spacial score (nSPS) is 15.4. The van der Waals surface area contributed by atoms with E-state index in [2.05, 4.69) is 45.6 Å². The molecule has 1 aromatic heterocycles. The number of amides is 1. The summed E-state index contributed by atoms with van der Waals surface area (Å²) in [4.78, 5) is 15.3. The van der Waals surface area contributed by atoms with Gasteiger partial charge in [0.1, 0.15) is 0 Å². The van der Waals surface area contributed by atoms with E-state index in [4.69, 9.17) is 0 Å². The molecule has 1 amide bonds. The molecule has 2 aliphatic heterocycles. The van der Waals surface area contributed by atoms with Gasteiger partial charge >= 0.3 is 0 Å². The van der Waals surface area contributed by atoms with Crippen LogP contribution in [0.25, 0.3) is 0 Å². The van der Waals surface area contributed by atoms with Crippen LogP contribution in [0.5, 0.6) is 0 Å². The monoisotopic (exact) mass is 425 g/mol. The van der Waals surface area contributed by atoms with Crippen LogP contribution in [0.15, 0.2) is 18.2 Å². The van der Waals surface area contributed by atoms with E-state index in [-0.39, 0.29) is 30.7 Å². The Morgan fingerprint density at radius 3 is 2.86 bits per heavy atom. The molecule has 0 fully saturated rings. The molecule has 154 valence electrons. The molecule has 3 heterocycles. The van der Waals surface area contributed by atoms with Crippen molar-refractivity contribution < 1.29 is 4.79 Å². The summed E-state index contributed by atoms with van der Waals surface area (Å²) >= 11 is 0. The van der Waals surface area contributed by atoms with Crippen molar-refractivity contribution in [1.29, 1.82) is 0 Å². The number of halogens is 2. The van der Waals surface area contributed by atoms with E-state index in [0.717, 1.165) is 49.5 Å². The van der Waals surface area contributed by atoms with E-state index in [0.29, 0.717) is 18.2 Å². The Kier molecular flexibility index (Phi) is 7.89. The van der Waals surface area contributed by atoms with Gasteiger partial charge < -0.3 is 10.6 Å². The predicted molar refractivity (Wildman–Crippen MR) is 116 cm³/mol. The number of H-pyrrole nitrogens is 1. The molecule has 0 spiro atoms. The zero-order valence-electron chi connectivity index (χ0n) is 16.4. The summed E-state index contributed by atoms with van der Waals surface area (Å²) < 4.78 is 0. The number of nitrogens with one attached hydrogen (secondary N) is 3. The number of hydrogen-bond donors (Lipinski definition) is 3. The third kappa shape index (κ3) is 4.69. The molecule has 4 rings (SSSR count). The van der Waals surface area contributed by atoms with Gasteiger partial charge in [-0.3, -0.25) is 14.8 Å². The Morgan fingerprint density at radius 2 is 2.07 bits per heavy atom. The lowest BCUT2D eigenvalue weighted by atomic mass is 10.1. The second-order valence-corrected chi connectivity index (χ2v) is 7.75. The third-order valence-electron chi connectivity index (χ3n) is 5.34. The molecule has 6 nitrogen and oxygen atoms in total. The number of anilines is 1. The van der Waals surface area contributed by atoms with Crippen LogP contribution in [0.4, 0.5) is 5.69 Å². The lowest BCUT2D eigenvalue weighted by Crippen LogP contribution is -2.25. The molecule has 3 N–H and O–H groups in total. The quantitative estimate of drug-likeness (QED) is 0.684. The highest BCUT2D eigenvalue weighted by Gasteiger charge is 2.25. The minimum absolute atomic E-state index is 0. The van der Waals surface area contributed by atoms with Crippen molar-refractivity contribution in [2.45, 2.75) is 46.3 Å². The molecule has 0 bridgehead atoms. The Balaban J connectivity index is 0.00000140. The van der Waals surface area contributed by atoms with Crippen molar-refractivity contribution >= 4 is 36.4 Å². The highest BCUT2D eigenvalue weighted by Crippen LogP contribution is 2.30. The maximum atomic E-state index is 12.8. The first kappa shape index (κ1) is 22.7. The van der Waals surface area contributed by atoms with Gasteiger partial charge in [-0.25, -0.2) is 0 Å². The van der Waals surface area contributed by atoms with Crippen LogP contribution in [-0.4, -0.2) is 34.1 Å². The van der Waals surface area contributed by atoms with Crippen LogP contribution in [0, 0.1) is 5.92 Å². The van der Waals surface area contributed by atoms with E-state index < -0.39 is 0 Å². The second kappa shape index (κ2) is 9.74. The molecule has 0 aliphatic carbocycles. The summed E-state index contributed by atoms with van der Waals surface area (Å²) in [6.45, 7) is 9.10. The van der Waals surface area contributed by atoms with Crippen molar-refractivity contribution in [3.63, 3.8) is 0 Å². The number of hydrogen-bond acceptors (Lipinski definition) is 4. The van der Waals surface area contributed by atoms with Crippen molar-refractivity contribution in [2.24, 2.45) is 5.92 Å². The Bertz CT molecular complexity index is 821. The molecular formula is C20H29Cl2N5O. The van der Waals surface area contributed by atoms with Crippen molar-refractivity contribution in [3.05, 3.63) is 46.3 Å². The van der Waals surface area contributed by atoms with Crippen molar-refractivity contribution in [2.75, 3.05) is 18.4 Å². The van der Waals surface area contributed by atoms with Gasteiger partial charge in [0.2, 0.25) is 0 Å². The summed E-state index contributed by atoms with van der Waals surface area (Å²) in [5.74, 6) is 0.581. The zero-order chi connectivity index (χ0) is 18.1. The molecule has 28 heavy (non-hydrogen) atoms. The molecule has 0 saturated carbocycles. The van der Waals surface area contributed by atoms with Crippen molar-refractivity contribution in [3.8, 4) is 0 Å². The molecule has 0 atom stereocenters. The lowest BCUT2D eigenvalue weighted by molar-refractivity contribution is 0.102. The van der Waals surface area contributed by atoms with Crippen LogP contribution in [0.1, 0.15) is 53.1 Å². The maximum absolute atomic E-state index is 12.8. The average Bonchev–Trinajstić information content (AvgIpc) is 3.24. The highest BCUT2D eigenvalue weighted by atomic mass is 35.5. The molecule has 0 radical (unpaired) electrons. The standard InChI is InChI=1S/C20H27N5O.2ClH/c1-13(2)7-9-25-11-14-4-3-5-17(16(14)12-25)22-20(26)19-15-10-21-8-6-18(15)23-24-19;;/h3-5,13,21H,6-12H2,1-2H3,(H,22,26)(H,23,24);2*1H. The number of aromatic nitrogens is 2. The number of carbonyl (C=O) groups is 1. The smallest absolute Gasteiger partial charge is 0.276 e. The average molecular weight is 426 g/mol. The SMILES string of the molecule is CC(C)CCN1Cc2cccc(NC(=O)c3n[nH]c4c3CNCC4)c2C1.Cl.Cl. The molecule has 0 saturated heterocycles. The fourth-order valence-corrected chi connectivity index (χ4v) is 3.80. The van der Waals surface area contributed by atoms with E-state index >= 15 is 0 Å². The molecule has 8 heteroatoms. The molecule has 2 aromatic rings. The van der Waals surface area contributed by atoms with E-state index in [1.807, 2.05) is 12.1 Å². The van der Waals surface area contributed by atoms with Crippen LogP contribution in [-0.2, 0) is 26.1 Å². The van der Waals surface area contributed by atoms with Gasteiger partial charge in [-0.05, 0) is 36.1 Å². The van der Waals surface area contributed by atoms with E-state index in [9.17, 15) is 4.79 Å². The van der Waals surface area contributed by atoms with Crippen LogP contribution in [0.3, 0.4) is 0 Å². The molecular weight excluding hydrogens is 397 g/mol. The fourth-order valence-electron chi connectivity index (χ4n) is 3.80. The van der Waals surface area contributed by atoms with Gasteiger partial charge in [-0.15, -0.1) is 24.8 Å². The zero-order valence-corrected chi connectivity index (χ0v) is 18.0. The summed E-state index contributed by atoms with van der Waals surface area (Å²) in [5, 5.41) is 13.7. The van der Waals surface area contributed by atoms with Gasteiger partial charge in [-0.2, -0.15) is 5.10 Å². The summed E-state index contributed by atoms with van der Waals surface area (Å²) in [7, 11) is 0. The van der Waals surface area contributed by atoms with Crippen LogP contribution < -0.4 is 10.6 Å². The van der Waals surface area contributed by atoms with Crippen LogP contribution in [0.2, 0.25) is 0 Å². The first-order chi connectivity index (χ1) is 12.6. The number of carbonyl (C=O) groups excluding carboxylic acids is 1. The highest BCUT2D eigenvalue weighted by molar-refractivity contribution is 6.04. The summed E-state index contributed by atoms with van der Waals surface area (Å²) in [5.41, 5.74) is 6.07. The van der Waals surface area contributed by atoms with Gasteiger partial charge in [-0.1, -0.05) is 26.0 Å². The first-order valence-corrected chi connectivity index (χ1v) is 9.53. The largest absolute Gasteiger partial charge is 0.320 e. The Hall–Kier alpha value is -1.60. The first-order valence-electron chi connectivity index (χ1n) is 9.53. The lowest BCUT2D eigenvalue weighted by Gasteiger charge is -2.16. The molecule has 0 unspecified atom stereocenters. The topological polar surface area (TPSA) is 73.0 Å². The third-order valence-corrected chi connectivity index (χ3v) is 5.34. The van der Waals surface area contributed by atoms with Gasteiger partial charge in [0.05, 0.1) is 0 Å². The van der Waals surface area contributed by atoms with Gasteiger partial charge in [0.15, 0.2) is 5.69 Å². The van der Waals surface area contributed by atoms with E-state index in [1.54, 1.807) is 0 Å². The fraction of sp³-hybridized carbons (Fsp3) is 0.500. The van der Waals surface area contributed by atoms with Crippen LogP contribution >= 0.6 is 24.8 Å². The number of nitrogens with zero attached hydrogens (tertiary/aromatic N) is 2. The summed E-state index contributed by atoms with van der Waals surface area (Å²) in [6.07, 6.45) is 2.09. The Morgan fingerprint density at radius 1 is 1.25 bits per heavy atom. The number of benzene rings is 1. The number of rotatable bonds is 5. The minimum atomic E-state index is -0.125. The molecule has 2 aliphatic rings. The van der Waals surface area contributed by atoms with E-state index in [1.165, 1.54) is 17.5 Å². The Labute approximate surface area is 178 Å². The minimum Gasteiger partial charge on any atom is -0.320 e. The van der Waals surface area contributed by atoms with Gasteiger partial charge in [0.25, 0.3) is 5.91 Å². The summed E-state index contributed by atoms with van der Waals surface area (Å²) in [6, 6.07) is 6.20. The number of aromatic amines is 1. The van der Waals surface area contributed by atoms with Gasteiger partial charge in [0, 0.05) is 49.5 Å². The maximum Gasteiger partial charge on any atom is 0.276 e. The number of fused-ring (bicyclic) bond motifs is 2. The predicted octanol–water partition coefficient (Wildman–Crippen LogP) is 3.51. The molecule has 1 aromatic carbocycles. The van der Waals surface area contributed by atoms with Crippen molar-refractivity contribution in [1.82, 2.24) is 20.4 Å². The second-order valence-electron chi connectivity index (χ2n) is 7.75.